The molecule has 0 aromatic carbocycles. The summed E-state index contributed by atoms with van der Waals surface area (Å²) in [7, 11) is 0. The normalized spacial score (nSPS) is 12.9. The van der Waals surface area contributed by atoms with Gasteiger partial charge in [0.1, 0.15) is 6.61 Å². The Morgan fingerprint density at radius 2 is 0.796 bits per heavy atom. The van der Waals surface area contributed by atoms with E-state index >= 15 is 0 Å². The highest BCUT2D eigenvalue weighted by atomic mass is 16.6. The van der Waals surface area contributed by atoms with Crippen molar-refractivity contribution < 1.29 is 24.2 Å². The second-order valence-corrected chi connectivity index (χ2v) is 14.8. The van der Waals surface area contributed by atoms with Crippen LogP contribution in [0.4, 0.5) is 0 Å². The molecule has 1 N–H and O–H groups in total. The number of aliphatic hydroxyl groups is 1. The highest BCUT2D eigenvalue weighted by molar-refractivity contribution is 5.70. The zero-order valence-corrected chi connectivity index (χ0v) is 35.2. The molecular weight excluding hydrogens is 669 g/mol. The van der Waals surface area contributed by atoms with Crippen molar-refractivity contribution in [3.05, 3.63) is 72.9 Å². The van der Waals surface area contributed by atoms with Crippen molar-refractivity contribution in [3.63, 3.8) is 0 Å². The van der Waals surface area contributed by atoms with E-state index in [0.717, 1.165) is 77.0 Å². The van der Waals surface area contributed by atoms with E-state index in [9.17, 15) is 14.7 Å². The highest BCUT2D eigenvalue weighted by Gasteiger charge is 2.16. The predicted molar refractivity (Wildman–Crippen MR) is 233 cm³/mol. The molecule has 0 aromatic heterocycles. The van der Waals surface area contributed by atoms with Crippen molar-refractivity contribution in [1.82, 2.24) is 0 Å². The van der Waals surface area contributed by atoms with Crippen molar-refractivity contribution >= 4 is 11.9 Å². The summed E-state index contributed by atoms with van der Waals surface area (Å²) < 4.78 is 10.6. The van der Waals surface area contributed by atoms with Gasteiger partial charge in [0, 0.05) is 12.8 Å². The molecule has 0 rings (SSSR count). The first-order chi connectivity index (χ1) is 26.6. The summed E-state index contributed by atoms with van der Waals surface area (Å²) in [6.07, 6.45) is 59.8. The summed E-state index contributed by atoms with van der Waals surface area (Å²) >= 11 is 0. The van der Waals surface area contributed by atoms with E-state index < -0.39 is 6.10 Å². The predicted octanol–water partition coefficient (Wildman–Crippen LogP) is 14.5. The molecule has 0 amide bonds. The van der Waals surface area contributed by atoms with Crippen molar-refractivity contribution in [1.29, 1.82) is 0 Å². The number of carbonyl (C=O) groups is 2. The number of hydrogen-bond acceptors (Lipinski definition) is 5. The standard InChI is InChI=1S/C49H84O5/c1-3-5-7-9-11-13-15-17-19-21-23-24-26-28-30-32-34-36-38-40-42-44-49(52)54-47(45-50)46-53-48(51)43-41-39-37-35-33-31-29-27-25-22-20-18-16-14-12-10-8-6-4-2/h5,7,11,13,17,19,23-24,28,30,34,36,47,50H,3-4,6,8-10,12,14-16,18,20-22,25-27,29,31-33,35,37-46H2,1-2H3/b7-5-,13-11-,19-17-,24-23-,30-28-,36-34-. The van der Waals surface area contributed by atoms with Gasteiger partial charge in [0.05, 0.1) is 6.61 Å². The zero-order chi connectivity index (χ0) is 39.3. The lowest BCUT2D eigenvalue weighted by Crippen LogP contribution is -2.28. The average molecular weight is 753 g/mol. The Morgan fingerprint density at radius 3 is 1.20 bits per heavy atom. The molecular formula is C49H84O5. The minimum absolute atomic E-state index is 0.0846. The minimum atomic E-state index is -0.796. The van der Waals surface area contributed by atoms with Crippen LogP contribution in [0.3, 0.4) is 0 Å². The molecule has 0 spiro atoms. The molecule has 1 unspecified atom stereocenters. The molecule has 0 bridgehead atoms. The van der Waals surface area contributed by atoms with Crippen molar-refractivity contribution in [2.24, 2.45) is 0 Å². The molecule has 0 fully saturated rings. The summed E-state index contributed by atoms with van der Waals surface area (Å²) in [5.74, 6) is -0.639. The smallest absolute Gasteiger partial charge is 0.306 e. The Morgan fingerprint density at radius 1 is 0.444 bits per heavy atom. The number of rotatable bonds is 40. The lowest BCUT2D eigenvalue weighted by atomic mass is 10.0. The molecule has 54 heavy (non-hydrogen) atoms. The van der Waals surface area contributed by atoms with E-state index in [-0.39, 0.29) is 25.2 Å². The molecule has 0 saturated heterocycles. The van der Waals surface area contributed by atoms with Gasteiger partial charge in [-0.05, 0) is 64.2 Å². The van der Waals surface area contributed by atoms with Gasteiger partial charge in [0.15, 0.2) is 6.10 Å². The second-order valence-electron chi connectivity index (χ2n) is 14.8. The van der Waals surface area contributed by atoms with Crippen LogP contribution in [0.15, 0.2) is 72.9 Å². The van der Waals surface area contributed by atoms with Crippen molar-refractivity contribution in [2.75, 3.05) is 13.2 Å². The molecule has 0 aromatic rings. The SMILES string of the molecule is CC/C=C\C/C=C\C/C=C\C/C=C\C/C=C\C/C=C\CCCCC(=O)OC(CO)COC(=O)CCCCCCCCCCCCCCCCCCCCC. The lowest BCUT2D eigenvalue weighted by molar-refractivity contribution is -0.161. The van der Waals surface area contributed by atoms with Crippen LogP contribution in [0.2, 0.25) is 0 Å². The summed E-state index contributed by atoms with van der Waals surface area (Å²) in [4.78, 5) is 24.3. The van der Waals surface area contributed by atoms with E-state index in [4.69, 9.17) is 9.47 Å². The lowest BCUT2D eigenvalue weighted by Gasteiger charge is -2.15. The Bertz CT molecular complexity index is 988. The molecule has 0 saturated carbocycles. The summed E-state index contributed by atoms with van der Waals surface area (Å²) in [6, 6.07) is 0. The maximum absolute atomic E-state index is 12.2. The number of carbonyl (C=O) groups excluding carboxylic acids is 2. The first kappa shape index (κ1) is 51.3. The number of ether oxygens (including phenoxy) is 2. The van der Waals surface area contributed by atoms with Gasteiger partial charge in [-0.3, -0.25) is 9.59 Å². The molecule has 0 aliphatic rings. The molecule has 0 heterocycles. The number of hydrogen-bond donors (Lipinski definition) is 1. The Balaban J connectivity index is 3.62. The van der Waals surface area contributed by atoms with Gasteiger partial charge in [-0.25, -0.2) is 0 Å². The average Bonchev–Trinajstić information content (AvgIpc) is 3.17. The molecule has 5 heteroatoms. The molecule has 310 valence electrons. The molecule has 1 atom stereocenters. The van der Waals surface area contributed by atoms with E-state index in [1.807, 2.05) is 0 Å². The summed E-state index contributed by atoms with van der Waals surface area (Å²) in [6.45, 7) is 4.00. The monoisotopic (exact) mass is 753 g/mol. The van der Waals surface area contributed by atoms with Gasteiger partial charge in [-0.1, -0.05) is 202 Å². The number of unbranched alkanes of at least 4 members (excludes halogenated alkanes) is 20. The minimum Gasteiger partial charge on any atom is -0.462 e. The largest absolute Gasteiger partial charge is 0.462 e. The Hall–Kier alpha value is -2.66. The van der Waals surface area contributed by atoms with Crippen LogP contribution >= 0.6 is 0 Å². The third kappa shape index (κ3) is 42.1. The summed E-state index contributed by atoms with van der Waals surface area (Å²) in [5, 5.41) is 9.59. The van der Waals surface area contributed by atoms with Gasteiger partial charge in [0.25, 0.3) is 0 Å². The number of allylic oxidation sites excluding steroid dienone is 12. The van der Waals surface area contributed by atoms with Crippen molar-refractivity contribution in [3.8, 4) is 0 Å². The number of esters is 2. The van der Waals surface area contributed by atoms with Crippen LogP contribution in [0.1, 0.15) is 206 Å². The quantitative estimate of drug-likeness (QED) is 0.0383. The maximum Gasteiger partial charge on any atom is 0.306 e. The van der Waals surface area contributed by atoms with E-state index in [1.165, 1.54) is 103 Å². The van der Waals surface area contributed by atoms with Crippen LogP contribution in [0.25, 0.3) is 0 Å². The van der Waals surface area contributed by atoms with E-state index in [0.29, 0.717) is 12.8 Å². The molecule has 0 radical (unpaired) electrons. The van der Waals surface area contributed by atoms with Crippen LogP contribution in [-0.4, -0.2) is 36.4 Å². The van der Waals surface area contributed by atoms with Gasteiger partial charge >= 0.3 is 11.9 Å². The number of aliphatic hydroxyl groups excluding tert-OH is 1. The molecule has 0 aliphatic carbocycles. The van der Waals surface area contributed by atoms with Crippen LogP contribution < -0.4 is 0 Å². The van der Waals surface area contributed by atoms with E-state index in [2.05, 4.69) is 86.8 Å². The molecule has 5 nitrogen and oxygen atoms in total. The maximum atomic E-state index is 12.2. The third-order valence-electron chi connectivity index (χ3n) is 9.51. The van der Waals surface area contributed by atoms with Gasteiger partial charge in [-0.15, -0.1) is 0 Å². The Kier molecular flexibility index (Phi) is 42.5. The van der Waals surface area contributed by atoms with E-state index in [1.54, 1.807) is 0 Å². The van der Waals surface area contributed by atoms with Gasteiger partial charge in [0.2, 0.25) is 0 Å². The second kappa shape index (κ2) is 44.7. The zero-order valence-electron chi connectivity index (χ0n) is 35.2. The van der Waals surface area contributed by atoms with Crippen molar-refractivity contribution in [2.45, 2.75) is 213 Å². The van der Waals surface area contributed by atoms with Crippen LogP contribution in [0.5, 0.6) is 0 Å². The molecule has 0 aliphatic heterocycles. The Labute approximate surface area is 333 Å². The topological polar surface area (TPSA) is 72.8 Å². The van der Waals surface area contributed by atoms with Gasteiger partial charge in [-0.2, -0.15) is 0 Å². The first-order valence-corrected chi connectivity index (χ1v) is 22.5. The fraction of sp³-hybridized carbons (Fsp3) is 0.714. The summed E-state index contributed by atoms with van der Waals surface area (Å²) in [5.41, 5.74) is 0. The third-order valence-corrected chi connectivity index (χ3v) is 9.51. The highest BCUT2D eigenvalue weighted by Crippen LogP contribution is 2.15. The first-order valence-electron chi connectivity index (χ1n) is 22.5. The van der Waals surface area contributed by atoms with Gasteiger partial charge < -0.3 is 14.6 Å². The fourth-order valence-electron chi connectivity index (χ4n) is 6.15. The fourth-order valence-corrected chi connectivity index (χ4v) is 6.15. The van der Waals surface area contributed by atoms with Crippen LogP contribution in [-0.2, 0) is 19.1 Å². The van der Waals surface area contributed by atoms with Crippen LogP contribution in [0, 0.1) is 0 Å².